The average Bonchev–Trinajstić information content (AvgIpc) is 2.64. The summed E-state index contributed by atoms with van der Waals surface area (Å²) in [5.74, 6) is 1.60. The summed E-state index contributed by atoms with van der Waals surface area (Å²) >= 11 is 4.68. The maximum absolute atomic E-state index is 5.67. The lowest BCUT2D eigenvalue weighted by molar-refractivity contribution is 0.0764. The zero-order valence-electron chi connectivity index (χ0n) is 15.6. The standard InChI is InChI=1S/C20H25N3O3S/c1-15-6-7-19(12-16(15)2)26-11-9-24-8-10-25-18-5-3-4-17(13-18)14-22-23-20(21)27/h3-7,12-14H,8-11H2,1-2H3,(H3,21,23,27). The van der Waals surface area contributed by atoms with Crippen LogP contribution in [0.3, 0.4) is 0 Å². The van der Waals surface area contributed by atoms with E-state index in [1.807, 2.05) is 36.4 Å². The van der Waals surface area contributed by atoms with Crippen LogP contribution in [0.4, 0.5) is 0 Å². The molecule has 0 spiro atoms. The molecule has 0 radical (unpaired) electrons. The molecule has 0 heterocycles. The first-order valence-electron chi connectivity index (χ1n) is 8.64. The molecule has 6 nitrogen and oxygen atoms in total. The first-order valence-corrected chi connectivity index (χ1v) is 9.04. The molecule has 27 heavy (non-hydrogen) atoms. The van der Waals surface area contributed by atoms with Gasteiger partial charge in [0.25, 0.3) is 0 Å². The Balaban J connectivity index is 1.61. The predicted octanol–water partition coefficient (Wildman–Crippen LogP) is 2.94. The van der Waals surface area contributed by atoms with E-state index in [0.29, 0.717) is 26.4 Å². The smallest absolute Gasteiger partial charge is 0.184 e. The molecule has 0 atom stereocenters. The number of thiocarbonyl (C=S) groups is 1. The lowest BCUT2D eigenvalue weighted by atomic mass is 10.1. The Morgan fingerprint density at radius 1 is 1.00 bits per heavy atom. The van der Waals surface area contributed by atoms with Crippen molar-refractivity contribution in [1.82, 2.24) is 5.43 Å². The molecule has 0 bridgehead atoms. The predicted molar refractivity (Wildman–Crippen MR) is 112 cm³/mol. The quantitative estimate of drug-likeness (QED) is 0.282. The molecule has 0 aliphatic heterocycles. The largest absolute Gasteiger partial charge is 0.491 e. The van der Waals surface area contributed by atoms with Gasteiger partial charge >= 0.3 is 0 Å². The van der Waals surface area contributed by atoms with Gasteiger partial charge in [0.2, 0.25) is 0 Å². The minimum atomic E-state index is 0.122. The Morgan fingerprint density at radius 3 is 2.37 bits per heavy atom. The summed E-state index contributed by atoms with van der Waals surface area (Å²) in [4.78, 5) is 0. The summed E-state index contributed by atoms with van der Waals surface area (Å²) in [5.41, 5.74) is 11.2. The van der Waals surface area contributed by atoms with E-state index in [1.165, 1.54) is 11.1 Å². The number of nitrogens with one attached hydrogen (secondary N) is 1. The van der Waals surface area contributed by atoms with E-state index in [4.69, 9.17) is 19.9 Å². The number of nitrogens with zero attached hydrogens (tertiary/aromatic N) is 1. The molecule has 0 aliphatic carbocycles. The Morgan fingerprint density at radius 2 is 1.70 bits per heavy atom. The Hall–Kier alpha value is -2.64. The third-order valence-corrected chi connectivity index (χ3v) is 3.81. The first kappa shape index (κ1) is 20.7. The minimum absolute atomic E-state index is 0.122. The zero-order chi connectivity index (χ0) is 19.5. The second-order valence-corrected chi connectivity index (χ2v) is 6.30. The molecule has 3 N–H and O–H groups in total. The molecule has 2 aromatic rings. The molecule has 0 saturated heterocycles. The number of hydrazone groups is 1. The van der Waals surface area contributed by atoms with Crippen molar-refractivity contribution in [2.75, 3.05) is 26.4 Å². The van der Waals surface area contributed by atoms with Gasteiger partial charge in [0.1, 0.15) is 24.7 Å². The fourth-order valence-electron chi connectivity index (χ4n) is 2.20. The van der Waals surface area contributed by atoms with Gasteiger partial charge in [-0.3, -0.25) is 5.43 Å². The summed E-state index contributed by atoms with van der Waals surface area (Å²) in [6.45, 7) is 6.10. The van der Waals surface area contributed by atoms with Crippen molar-refractivity contribution in [3.63, 3.8) is 0 Å². The summed E-state index contributed by atoms with van der Waals surface area (Å²) in [6, 6.07) is 13.6. The second-order valence-electron chi connectivity index (χ2n) is 5.86. The Labute approximate surface area is 165 Å². The lowest BCUT2D eigenvalue weighted by Crippen LogP contribution is -2.23. The van der Waals surface area contributed by atoms with Crippen molar-refractivity contribution >= 4 is 23.5 Å². The van der Waals surface area contributed by atoms with Crippen molar-refractivity contribution in [3.8, 4) is 11.5 Å². The highest BCUT2D eigenvalue weighted by atomic mass is 32.1. The van der Waals surface area contributed by atoms with E-state index in [0.717, 1.165) is 17.1 Å². The van der Waals surface area contributed by atoms with Crippen molar-refractivity contribution in [2.45, 2.75) is 13.8 Å². The van der Waals surface area contributed by atoms with Crippen LogP contribution in [0.15, 0.2) is 47.6 Å². The van der Waals surface area contributed by atoms with Crippen LogP contribution in [0.2, 0.25) is 0 Å². The molecule has 2 rings (SSSR count). The van der Waals surface area contributed by atoms with Crippen LogP contribution in [0.5, 0.6) is 11.5 Å². The molecule has 0 aliphatic rings. The van der Waals surface area contributed by atoms with E-state index < -0.39 is 0 Å². The summed E-state index contributed by atoms with van der Waals surface area (Å²) in [6.07, 6.45) is 1.62. The van der Waals surface area contributed by atoms with E-state index in [1.54, 1.807) is 6.21 Å². The van der Waals surface area contributed by atoms with Crippen LogP contribution in [0.1, 0.15) is 16.7 Å². The number of rotatable bonds is 10. The van der Waals surface area contributed by atoms with E-state index in [9.17, 15) is 0 Å². The summed E-state index contributed by atoms with van der Waals surface area (Å²) in [5, 5.41) is 4.03. The van der Waals surface area contributed by atoms with E-state index >= 15 is 0 Å². The fourth-order valence-corrected chi connectivity index (χ4v) is 2.25. The molecule has 0 unspecified atom stereocenters. The van der Waals surface area contributed by atoms with Crippen LogP contribution in [0.25, 0.3) is 0 Å². The summed E-state index contributed by atoms with van der Waals surface area (Å²) < 4.78 is 16.9. The van der Waals surface area contributed by atoms with Crippen molar-refractivity contribution in [3.05, 3.63) is 59.2 Å². The Kier molecular flexibility index (Phi) is 8.54. The highest BCUT2D eigenvalue weighted by Gasteiger charge is 1.99. The minimum Gasteiger partial charge on any atom is -0.491 e. The van der Waals surface area contributed by atoms with Gasteiger partial charge < -0.3 is 19.9 Å². The second kappa shape index (κ2) is 11.2. The van der Waals surface area contributed by atoms with Gasteiger partial charge in [-0.1, -0.05) is 18.2 Å². The number of hydrogen-bond donors (Lipinski definition) is 2. The van der Waals surface area contributed by atoms with Crippen LogP contribution in [-0.2, 0) is 4.74 Å². The number of hydrogen-bond acceptors (Lipinski definition) is 5. The molecule has 7 heteroatoms. The topological polar surface area (TPSA) is 78.1 Å². The van der Waals surface area contributed by atoms with Gasteiger partial charge in [0.05, 0.1) is 19.4 Å². The van der Waals surface area contributed by atoms with Crippen LogP contribution < -0.4 is 20.6 Å². The lowest BCUT2D eigenvalue weighted by Gasteiger charge is -2.10. The normalized spacial score (nSPS) is 10.7. The molecule has 0 saturated carbocycles. The van der Waals surface area contributed by atoms with Gasteiger partial charge in [-0.15, -0.1) is 0 Å². The Bertz CT molecular complexity index is 781. The molecule has 0 fully saturated rings. The fraction of sp³-hybridized carbons (Fsp3) is 0.300. The van der Waals surface area contributed by atoms with Gasteiger partial charge in [0, 0.05) is 0 Å². The monoisotopic (exact) mass is 387 g/mol. The number of ether oxygens (including phenoxy) is 3. The number of benzene rings is 2. The highest BCUT2D eigenvalue weighted by Crippen LogP contribution is 2.16. The first-order chi connectivity index (χ1) is 13.0. The van der Waals surface area contributed by atoms with Crippen molar-refractivity contribution in [1.29, 1.82) is 0 Å². The third kappa shape index (κ3) is 8.06. The van der Waals surface area contributed by atoms with Crippen LogP contribution in [-0.4, -0.2) is 37.8 Å². The van der Waals surface area contributed by atoms with Crippen LogP contribution in [0, 0.1) is 13.8 Å². The molecule has 144 valence electrons. The molecule has 0 aromatic heterocycles. The average molecular weight is 388 g/mol. The summed E-state index contributed by atoms with van der Waals surface area (Å²) in [7, 11) is 0. The maximum Gasteiger partial charge on any atom is 0.184 e. The third-order valence-electron chi connectivity index (χ3n) is 3.72. The van der Waals surface area contributed by atoms with Crippen LogP contribution >= 0.6 is 12.2 Å². The molecular weight excluding hydrogens is 362 g/mol. The van der Waals surface area contributed by atoms with Gasteiger partial charge in [0.15, 0.2) is 5.11 Å². The highest BCUT2D eigenvalue weighted by molar-refractivity contribution is 7.80. The van der Waals surface area contributed by atoms with Gasteiger partial charge in [-0.05, 0) is 67.0 Å². The molecule has 0 amide bonds. The molecule has 2 aromatic carbocycles. The van der Waals surface area contributed by atoms with E-state index in [-0.39, 0.29) is 5.11 Å². The van der Waals surface area contributed by atoms with Crippen molar-refractivity contribution < 1.29 is 14.2 Å². The molecular formula is C20H25N3O3S. The van der Waals surface area contributed by atoms with E-state index in [2.05, 4.69) is 42.7 Å². The number of nitrogens with two attached hydrogens (primary N) is 1. The number of aryl methyl sites for hydroxylation is 2. The zero-order valence-corrected chi connectivity index (χ0v) is 16.4. The SMILES string of the molecule is Cc1ccc(OCCOCCOc2cccc(C=NNC(N)=S)c2)cc1C. The van der Waals surface area contributed by atoms with Crippen molar-refractivity contribution in [2.24, 2.45) is 10.8 Å². The maximum atomic E-state index is 5.67. The van der Waals surface area contributed by atoms with Gasteiger partial charge in [-0.2, -0.15) is 5.10 Å². The van der Waals surface area contributed by atoms with Gasteiger partial charge in [-0.25, -0.2) is 0 Å².